The summed E-state index contributed by atoms with van der Waals surface area (Å²) in [6.07, 6.45) is -7.73. The Labute approximate surface area is 206 Å². The van der Waals surface area contributed by atoms with E-state index >= 15 is 0 Å². The van der Waals surface area contributed by atoms with Gasteiger partial charge in [0, 0.05) is 26.2 Å². The zero-order valence-electron chi connectivity index (χ0n) is 18.8. The lowest BCUT2D eigenvalue weighted by molar-refractivity contribution is -0.449. The lowest BCUT2D eigenvalue weighted by Gasteiger charge is -2.41. The molecular formula is C18H12F15N5O. The number of aryl methyl sites for hydroxylation is 1. The van der Waals surface area contributed by atoms with Gasteiger partial charge in [-0.15, -0.1) is 5.10 Å². The van der Waals surface area contributed by atoms with Gasteiger partial charge >= 0.3 is 47.6 Å². The summed E-state index contributed by atoms with van der Waals surface area (Å²) in [6, 6.07) is 3.64. The van der Waals surface area contributed by atoms with Crippen molar-refractivity contribution < 1.29 is 70.7 Å². The Balaban J connectivity index is 2.42. The minimum atomic E-state index is -8.47. The van der Waals surface area contributed by atoms with Crippen LogP contribution in [0.15, 0.2) is 24.3 Å². The van der Waals surface area contributed by atoms with Crippen LogP contribution in [0.5, 0.6) is 0 Å². The predicted octanol–water partition coefficient (Wildman–Crippen LogP) is 5.14. The lowest BCUT2D eigenvalue weighted by atomic mass is 9.90. The van der Waals surface area contributed by atoms with Crippen LogP contribution in [0.1, 0.15) is 11.4 Å². The normalized spacial score (nSPS) is 14.5. The zero-order valence-corrected chi connectivity index (χ0v) is 18.8. The largest absolute Gasteiger partial charge is 0.460 e. The van der Waals surface area contributed by atoms with Crippen molar-refractivity contribution in [2.75, 3.05) is 11.9 Å². The molecule has 0 saturated heterocycles. The Morgan fingerprint density at radius 1 is 0.744 bits per heavy atom. The first kappa shape index (κ1) is 31.9. The van der Waals surface area contributed by atoms with Crippen molar-refractivity contribution in [3.05, 3.63) is 35.7 Å². The highest BCUT2D eigenvalue weighted by Gasteiger charge is 2.94. The number of halogens is 15. The van der Waals surface area contributed by atoms with E-state index in [-0.39, 0.29) is 19.3 Å². The van der Waals surface area contributed by atoms with Gasteiger partial charge in [-0.3, -0.25) is 4.79 Å². The summed E-state index contributed by atoms with van der Waals surface area (Å²) in [7, 11) is 1.66. The van der Waals surface area contributed by atoms with Crippen molar-refractivity contribution in [2.24, 2.45) is 7.05 Å². The number of alkyl halides is 15. The molecule has 0 bridgehead atoms. The third kappa shape index (κ3) is 4.72. The van der Waals surface area contributed by atoms with Crippen LogP contribution in [0.25, 0.3) is 0 Å². The number of benzene rings is 1. The van der Waals surface area contributed by atoms with Gasteiger partial charge in [0.25, 0.3) is 0 Å². The summed E-state index contributed by atoms with van der Waals surface area (Å²) in [6.45, 7) is 0. The number of aromatic nitrogens is 4. The van der Waals surface area contributed by atoms with Crippen molar-refractivity contribution in [2.45, 2.75) is 48.1 Å². The number of amides is 1. The topological polar surface area (TPSA) is 63.9 Å². The van der Waals surface area contributed by atoms with E-state index in [0.29, 0.717) is 5.56 Å². The molecule has 0 spiro atoms. The van der Waals surface area contributed by atoms with E-state index < -0.39 is 58.2 Å². The van der Waals surface area contributed by atoms with Gasteiger partial charge in [0.2, 0.25) is 0 Å². The molecule has 0 aliphatic heterocycles. The molecule has 0 radical (unpaired) electrons. The summed E-state index contributed by atoms with van der Waals surface area (Å²) in [5.74, 6) is -51.5. The Bertz CT molecular complexity index is 1190. The molecule has 1 aromatic carbocycles. The monoisotopic (exact) mass is 599 g/mol. The molecule has 0 saturated carbocycles. The molecule has 0 fully saturated rings. The number of hydrogen-bond acceptors (Lipinski definition) is 4. The first-order chi connectivity index (χ1) is 17.3. The summed E-state index contributed by atoms with van der Waals surface area (Å²) >= 11 is 0. The number of anilines is 1. The van der Waals surface area contributed by atoms with Crippen molar-refractivity contribution in [1.82, 2.24) is 20.2 Å². The van der Waals surface area contributed by atoms with E-state index in [2.05, 4.69) is 15.5 Å². The van der Waals surface area contributed by atoms with E-state index in [4.69, 9.17) is 0 Å². The second-order valence-electron chi connectivity index (χ2n) is 7.87. The SMILES string of the molecule is CN(C(=O)C(F)(F)C(F)(F)C(F)(F)C(F)(F)C(F)(F)C(F)(F)C(F)(F)F)c1ccc(Cc2nnnn2C)cc1. The lowest BCUT2D eigenvalue weighted by Crippen LogP contribution is -2.74. The molecule has 220 valence electrons. The molecule has 1 amide bonds. The zero-order chi connectivity index (χ0) is 30.6. The molecule has 2 aromatic rings. The maximum atomic E-state index is 14.2. The predicted molar refractivity (Wildman–Crippen MR) is 97.2 cm³/mol. The molecule has 0 unspecified atom stereocenters. The minimum absolute atomic E-state index is 0.0201. The molecule has 39 heavy (non-hydrogen) atoms. The number of carbonyl (C=O) groups is 1. The Hall–Kier alpha value is -3.29. The fraction of sp³-hybridized carbons (Fsp3) is 0.556. The molecule has 0 atom stereocenters. The van der Waals surface area contributed by atoms with E-state index in [9.17, 15) is 70.7 Å². The average Bonchev–Trinajstić information content (AvgIpc) is 3.21. The third-order valence-electron chi connectivity index (χ3n) is 5.29. The molecule has 0 aliphatic carbocycles. The third-order valence-corrected chi connectivity index (χ3v) is 5.29. The van der Waals surface area contributed by atoms with Crippen molar-refractivity contribution >= 4 is 11.6 Å². The fourth-order valence-corrected chi connectivity index (χ4v) is 2.85. The van der Waals surface area contributed by atoms with E-state index in [1.807, 2.05) is 0 Å². The highest BCUT2D eigenvalue weighted by atomic mass is 19.4. The van der Waals surface area contributed by atoms with Gasteiger partial charge in [-0.05, 0) is 28.1 Å². The van der Waals surface area contributed by atoms with Crippen LogP contribution in [0.3, 0.4) is 0 Å². The summed E-state index contributed by atoms with van der Waals surface area (Å²) in [5.41, 5.74) is -0.479. The van der Waals surface area contributed by atoms with Crippen LogP contribution in [0, 0.1) is 0 Å². The van der Waals surface area contributed by atoms with Crippen LogP contribution in [-0.2, 0) is 18.3 Å². The van der Waals surface area contributed by atoms with Crippen molar-refractivity contribution in [3.8, 4) is 0 Å². The van der Waals surface area contributed by atoms with Crippen molar-refractivity contribution in [1.29, 1.82) is 0 Å². The molecule has 0 N–H and O–H groups in total. The second kappa shape index (κ2) is 9.42. The van der Waals surface area contributed by atoms with Gasteiger partial charge in [0.1, 0.15) is 0 Å². The van der Waals surface area contributed by atoms with Crippen LogP contribution < -0.4 is 4.90 Å². The van der Waals surface area contributed by atoms with Gasteiger partial charge in [-0.2, -0.15) is 65.9 Å². The quantitative estimate of drug-likeness (QED) is 0.375. The van der Waals surface area contributed by atoms with Crippen LogP contribution >= 0.6 is 0 Å². The Kier molecular flexibility index (Phi) is 7.71. The van der Waals surface area contributed by atoms with Gasteiger partial charge in [0.15, 0.2) is 5.82 Å². The standard InChI is InChI=1S/C18H12F15N5O/c1-37(9-5-3-8(4-6-9)7-10-34-35-36-38(10)2)11(39)12(19,20)13(21,22)14(23,24)15(25,26)16(27,28)17(29,30)18(31,32)33/h3-6H,7H2,1-2H3. The molecule has 0 aliphatic rings. The van der Waals surface area contributed by atoms with Gasteiger partial charge in [0.05, 0.1) is 0 Å². The van der Waals surface area contributed by atoms with Gasteiger partial charge in [-0.1, -0.05) is 12.1 Å². The average molecular weight is 599 g/mol. The molecule has 1 heterocycles. The van der Waals surface area contributed by atoms with E-state index in [0.717, 1.165) is 24.3 Å². The summed E-state index contributed by atoms with van der Waals surface area (Å²) in [5, 5.41) is 10.4. The molecular weight excluding hydrogens is 587 g/mol. The number of hydrogen-bond donors (Lipinski definition) is 0. The first-order valence-corrected chi connectivity index (χ1v) is 9.71. The summed E-state index contributed by atoms with van der Waals surface area (Å²) in [4.78, 5) is 11.4. The minimum Gasteiger partial charge on any atom is -0.310 e. The summed E-state index contributed by atoms with van der Waals surface area (Å²) < 4.78 is 201. The number of carbonyl (C=O) groups excluding carboxylic acids is 1. The molecule has 6 nitrogen and oxygen atoms in total. The smallest absolute Gasteiger partial charge is 0.310 e. The Morgan fingerprint density at radius 2 is 1.18 bits per heavy atom. The Morgan fingerprint density at radius 3 is 1.59 bits per heavy atom. The van der Waals surface area contributed by atoms with Crippen LogP contribution in [-0.4, -0.2) is 74.9 Å². The van der Waals surface area contributed by atoms with Gasteiger partial charge in [-0.25, -0.2) is 4.68 Å². The van der Waals surface area contributed by atoms with Crippen molar-refractivity contribution in [3.63, 3.8) is 0 Å². The number of nitrogens with zero attached hydrogens (tertiary/aromatic N) is 5. The van der Waals surface area contributed by atoms with Crippen LogP contribution in [0.4, 0.5) is 71.5 Å². The maximum Gasteiger partial charge on any atom is 0.460 e. The van der Waals surface area contributed by atoms with E-state index in [1.165, 1.54) is 11.7 Å². The molecule has 1 aromatic heterocycles. The van der Waals surface area contributed by atoms with Gasteiger partial charge < -0.3 is 4.90 Å². The highest BCUT2D eigenvalue weighted by Crippen LogP contribution is 2.62. The first-order valence-electron chi connectivity index (χ1n) is 9.71. The second-order valence-corrected chi connectivity index (χ2v) is 7.87. The molecule has 2 rings (SSSR count). The molecule has 21 heteroatoms. The highest BCUT2D eigenvalue weighted by molar-refractivity contribution is 5.98. The maximum absolute atomic E-state index is 14.2. The van der Waals surface area contributed by atoms with Crippen LogP contribution in [0.2, 0.25) is 0 Å². The fourth-order valence-electron chi connectivity index (χ4n) is 2.85. The van der Waals surface area contributed by atoms with E-state index in [1.54, 1.807) is 0 Å². The number of tetrazole rings is 1. The number of rotatable bonds is 9.